The van der Waals surface area contributed by atoms with Crippen LogP contribution in [0.2, 0.25) is 0 Å². The zero-order chi connectivity index (χ0) is 17.5. The van der Waals surface area contributed by atoms with Crippen LogP contribution in [0, 0.1) is 11.8 Å². The monoisotopic (exact) mass is 344 g/mol. The van der Waals surface area contributed by atoms with Gasteiger partial charge in [0, 0.05) is 12.1 Å². The van der Waals surface area contributed by atoms with Gasteiger partial charge < -0.3 is 20.9 Å². The minimum absolute atomic E-state index is 0.0431. The molecule has 4 bridgehead atoms. The highest BCUT2D eigenvalue weighted by molar-refractivity contribution is 5.79. The Morgan fingerprint density at radius 2 is 2.04 bits per heavy atom. The van der Waals surface area contributed by atoms with Gasteiger partial charge in [-0.2, -0.15) is 0 Å². The first-order valence-electron chi connectivity index (χ1n) is 9.43. The Morgan fingerprint density at radius 1 is 1.28 bits per heavy atom. The minimum Gasteiger partial charge on any atom is -0.492 e. The van der Waals surface area contributed by atoms with E-state index in [2.05, 4.69) is 5.32 Å². The number of carbonyl (C=O) groups is 1. The maximum absolute atomic E-state index is 12.7. The van der Waals surface area contributed by atoms with Crippen LogP contribution in [0.5, 0.6) is 5.75 Å². The molecule has 0 heterocycles. The van der Waals surface area contributed by atoms with Gasteiger partial charge in [0.1, 0.15) is 12.4 Å². The van der Waals surface area contributed by atoms with E-state index in [1.54, 1.807) is 0 Å². The second-order valence-corrected chi connectivity index (χ2v) is 8.48. The van der Waals surface area contributed by atoms with E-state index in [1.165, 1.54) is 6.42 Å². The molecule has 1 amide bonds. The number of hydrogen-bond acceptors (Lipinski definition) is 4. The zero-order valence-electron chi connectivity index (χ0n) is 14.7. The van der Waals surface area contributed by atoms with Gasteiger partial charge in [0.2, 0.25) is 5.91 Å². The first-order valence-corrected chi connectivity index (χ1v) is 9.43. The average molecular weight is 344 g/mol. The van der Waals surface area contributed by atoms with Crippen molar-refractivity contribution in [3.63, 3.8) is 0 Å². The van der Waals surface area contributed by atoms with Crippen LogP contribution >= 0.6 is 0 Å². The fraction of sp³-hybridized carbons (Fsp3) is 0.650. The van der Waals surface area contributed by atoms with Crippen LogP contribution in [0.25, 0.3) is 0 Å². The highest BCUT2D eigenvalue weighted by Gasteiger charge is 2.57. The Balaban J connectivity index is 1.41. The molecule has 0 spiro atoms. The van der Waals surface area contributed by atoms with Gasteiger partial charge in [-0.3, -0.25) is 4.79 Å². The number of amides is 1. The highest BCUT2D eigenvalue weighted by atomic mass is 16.5. The summed E-state index contributed by atoms with van der Waals surface area (Å²) in [5.41, 5.74) is 5.66. The molecule has 4 N–H and O–H groups in total. The van der Waals surface area contributed by atoms with Crippen LogP contribution in [0.15, 0.2) is 24.3 Å². The van der Waals surface area contributed by atoms with Gasteiger partial charge >= 0.3 is 0 Å². The van der Waals surface area contributed by atoms with Crippen molar-refractivity contribution in [3.05, 3.63) is 29.8 Å². The molecular formula is C20H28N2O3. The van der Waals surface area contributed by atoms with Crippen LogP contribution in [0.1, 0.15) is 44.1 Å². The third-order valence-electron chi connectivity index (χ3n) is 6.08. The largest absolute Gasteiger partial charge is 0.492 e. The second kappa shape index (κ2) is 6.29. The molecule has 4 fully saturated rings. The third-order valence-corrected chi connectivity index (χ3v) is 6.08. The number of aliphatic hydroxyl groups is 1. The summed E-state index contributed by atoms with van der Waals surface area (Å²) in [6, 6.07) is 7.64. The lowest BCUT2D eigenvalue weighted by molar-refractivity contribution is -0.150. The number of nitrogens with one attached hydrogen (secondary N) is 1. The van der Waals surface area contributed by atoms with Crippen molar-refractivity contribution in [2.45, 2.75) is 56.1 Å². The number of rotatable bonds is 6. The first-order chi connectivity index (χ1) is 12.0. The van der Waals surface area contributed by atoms with Gasteiger partial charge in [0.05, 0.1) is 12.0 Å². The van der Waals surface area contributed by atoms with Crippen molar-refractivity contribution in [2.75, 3.05) is 13.2 Å². The van der Waals surface area contributed by atoms with Crippen molar-refractivity contribution < 1.29 is 14.6 Å². The summed E-state index contributed by atoms with van der Waals surface area (Å²) in [5.74, 6) is 1.93. The van der Waals surface area contributed by atoms with Crippen LogP contribution in [0.3, 0.4) is 0 Å². The lowest BCUT2D eigenvalue weighted by Gasteiger charge is -2.60. The lowest BCUT2D eigenvalue weighted by atomic mass is 9.51. The molecule has 5 nitrogen and oxygen atoms in total. The number of nitrogens with two attached hydrogens (primary N) is 1. The number of hydrogen-bond donors (Lipinski definition) is 3. The van der Waals surface area contributed by atoms with Crippen LogP contribution in [-0.2, 0) is 11.2 Å². The Labute approximate surface area is 148 Å². The molecule has 1 aromatic rings. The van der Waals surface area contributed by atoms with E-state index >= 15 is 0 Å². The molecule has 4 aliphatic rings. The summed E-state index contributed by atoms with van der Waals surface area (Å²) in [6.07, 6.45) is 6.17. The summed E-state index contributed by atoms with van der Waals surface area (Å²) < 4.78 is 5.53. The van der Waals surface area contributed by atoms with Crippen molar-refractivity contribution in [3.8, 4) is 5.75 Å². The minimum atomic E-state index is -0.548. The molecule has 5 rings (SSSR count). The summed E-state index contributed by atoms with van der Waals surface area (Å²) in [4.78, 5) is 12.7. The van der Waals surface area contributed by atoms with Gasteiger partial charge in [0.25, 0.3) is 0 Å². The number of benzene rings is 1. The van der Waals surface area contributed by atoms with Gasteiger partial charge in [-0.25, -0.2) is 0 Å². The van der Waals surface area contributed by atoms with E-state index in [-0.39, 0.29) is 11.4 Å². The Morgan fingerprint density at radius 3 is 2.72 bits per heavy atom. The van der Waals surface area contributed by atoms with Crippen LogP contribution in [-0.4, -0.2) is 35.3 Å². The van der Waals surface area contributed by atoms with Crippen molar-refractivity contribution in [2.24, 2.45) is 17.6 Å². The van der Waals surface area contributed by atoms with E-state index in [9.17, 15) is 9.90 Å². The van der Waals surface area contributed by atoms with E-state index in [0.29, 0.717) is 31.4 Å². The van der Waals surface area contributed by atoms with E-state index in [4.69, 9.17) is 10.5 Å². The molecule has 2 atom stereocenters. The van der Waals surface area contributed by atoms with Crippen molar-refractivity contribution in [1.29, 1.82) is 0 Å². The zero-order valence-corrected chi connectivity index (χ0v) is 14.7. The van der Waals surface area contributed by atoms with E-state index in [0.717, 1.165) is 43.4 Å². The summed E-state index contributed by atoms with van der Waals surface area (Å²) in [5, 5.41) is 14.1. The van der Waals surface area contributed by atoms with E-state index in [1.807, 2.05) is 24.3 Å². The second-order valence-electron chi connectivity index (χ2n) is 8.48. The van der Waals surface area contributed by atoms with Gasteiger partial charge in [0.15, 0.2) is 0 Å². The average Bonchev–Trinajstić information content (AvgIpc) is 2.50. The molecule has 4 saturated carbocycles. The van der Waals surface area contributed by atoms with E-state index < -0.39 is 5.60 Å². The molecule has 0 aliphatic heterocycles. The molecule has 4 aliphatic carbocycles. The van der Waals surface area contributed by atoms with Crippen molar-refractivity contribution in [1.82, 2.24) is 5.32 Å². The summed E-state index contributed by atoms with van der Waals surface area (Å²) in [6.45, 7) is 0.943. The molecule has 1 aromatic carbocycles. The van der Waals surface area contributed by atoms with Crippen molar-refractivity contribution >= 4 is 5.91 Å². The predicted octanol–water partition coefficient (Wildman–Crippen LogP) is 1.77. The Bertz CT molecular complexity index is 646. The normalized spacial score (nSPS) is 35.6. The molecule has 0 aromatic heterocycles. The maximum atomic E-state index is 12.7. The van der Waals surface area contributed by atoms with Crippen LogP contribution < -0.4 is 15.8 Å². The molecule has 0 saturated heterocycles. The first kappa shape index (κ1) is 16.9. The summed E-state index contributed by atoms with van der Waals surface area (Å²) in [7, 11) is 0. The Kier molecular flexibility index (Phi) is 4.24. The molecule has 0 unspecified atom stereocenters. The molecule has 25 heavy (non-hydrogen) atoms. The lowest BCUT2D eigenvalue weighted by Crippen LogP contribution is -2.65. The highest BCUT2D eigenvalue weighted by Crippen LogP contribution is 2.57. The maximum Gasteiger partial charge on any atom is 0.224 e. The fourth-order valence-corrected chi connectivity index (χ4v) is 5.81. The van der Waals surface area contributed by atoms with Gasteiger partial charge in [-0.1, -0.05) is 12.1 Å². The predicted molar refractivity (Wildman–Crippen MR) is 95.2 cm³/mol. The number of carbonyl (C=O) groups excluding carboxylic acids is 1. The topological polar surface area (TPSA) is 84.6 Å². The SMILES string of the molecule is NCCOc1cccc(CC(=O)NC23C[C@H]4C[C@@H](CC(O)(C4)C2)C3)c1. The molecule has 5 heteroatoms. The molecule has 136 valence electrons. The quantitative estimate of drug-likeness (QED) is 0.734. The standard InChI is InChI=1S/C20H28N2O3/c21-4-5-25-17-3-1-2-14(7-17)8-18(23)22-19-9-15-6-16(10-19)12-20(24,11-15)13-19/h1-3,7,15-16,24H,4-6,8-13,21H2,(H,22,23)/t15-,16-,19?,20?/m1/s1. The molecule has 0 radical (unpaired) electrons. The number of ether oxygens (including phenoxy) is 1. The molecular weight excluding hydrogens is 316 g/mol. The Hall–Kier alpha value is -1.59. The van der Waals surface area contributed by atoms with Gasteiger partial charge in [-0.05, 0) is 68.1 Å². The smallest absolute Gasteiger partial charge is 0.224 e. The summed E-state index contributed by atoms with van der Waals surface area (Å²) >= 11 is 0. The van der Waals surface area contributed by atoms with Gasteiger partial charge in [-0.15, -0.1) is 0 Å². The third kappa shape index (κ3) is 3.53. The van der Waals surface area contributed by atoms with Crippen LogP contribution in [0.4, 0.5) is 0 Å². The fourth-order valence-electron chi connectivity index (χ4n) is 5.81.